The van der Waals surface area contributed by atoms with Gasteiger partial charge < -0.3 is 5.73 Å². The Kier molecular flexibility index (Phi) is 4.97. The molecule has 0 aliphatic rings. The number of nitrogens with two attached hydrogens (primary N) is 1. The summed E-state index contributed by atoms with van der Waals surface area (Å²) in [6.45, 7) is 9.78. The largest absolute Gasteiger partial charge is 0.313 e. The predicted octanol–water partition coefficient (Wildman–Crippen LogP) is 1.35. The minimum absolute atomic E-state index is 0.501. The molecule has 0 saturated carbocycles. The molecule has 2 N–H and O–H groups in total. The molecule has 2 unspecified atom stereocenters. The second-order valence-electron chi connectivity index (χ2n) is 3.85. The summed E-state index contributed by atoms with van der Waals surface area (Å²) in [5.41, 5.74) is 5.06. The molecule has 0 aliphatic carbocycles. The monoisotopic (exact) mass is 183 g/mol. The Morgan fingerprint density at radius 3 is 2.38 bits per heavy atom. The number of hydrogen-bond donors (Lipinski definition) is 1. The van der Waals surface area contributed by atoms with Crippen LogP contribution in [0.1, 0.15) is 34.1 Å². The van der Waals surface area contributed by atoms with E-state index in [0.717, 1.165) is 13.0 Å². The van der Waals surface area contributed by atoms with Crippen molar-refractivity contribution in [1.29, 1.82) is 5.26 Å². The van der Waals surface area contributed by atoms with Crippen LogP contribution in [-0.4, -0.2) is 29.6 Å². The van der Waals surface area contributed by atoms with E-state index < -0.39 is 5.54 Å². The molecule has 0 heterocycles. The number of nitriles is 1. The van der Waals surface area contributed by atoms with E-state index in [1.165, 1.54) is 0 Å². The molecule has 76 valence electrons. The Labute approximate surface area is 81.5 Å². The van der Waals surface area contributed by atoms with Gasteiger partial charge in [0.25, 0.3) is 0 Å². The Bertz CT molecular complexity index is 181. The van der Waals surface area contributed by atoms with Crippen LogP contribution in [0, 0.1) is 11.3 Å². The quantitative estimate of drug-likeness (QED) is 0.700. The Balaban J connectivity index is 4.22. The molecular formula is C10H21N3. The summed E-state index contributed by atoms with van der Waals surface area (Å²) >= 11 is 0. The third kappa shape index (κ3) is 4.25. The molecule has 13 heavy (non-hydrogen) atoms. The van der Waals surface area contributed by atoms with Crippen molar-refractivity contribution >= 4 is 0 Å². The summed E-state index contributed by atoms with van der Waals surface area (Å²) in [5, 5.41) is 8.79. The molecule has 0 radical (unpaired) electrons. The van der Waals surface area contributed by atoms with Crippen LogP contribution < -0.4 is 5.73 Å². The summed E-state index contributed by atoms with van der Waals surface area (Å²) < 4.78 is 0. The first-order chi connectivity index (χ1) is 5.96. The summed E-state index contributed by atoms with van der Waals surface area (Å²) in [6.07, 6.45) is 1.09. The summed E-state index contributed by atoms with van der Waals surface area (Å²) in [5.74, 6) is 0. The Hall–Kier alpha value is -0.590. The van der Waals surface area contributed by atoms with Crippen LogP contribution in [0.2, 0.25) is 0 Å². The van der Waals surface area contributed by atoms with E-state index in [1.807, 2.05) is 0 Å². The van der Waals surface area contributed by atoms with Gasteiger partial charge in [-0.25, -0.2) is 0 Å². The van der Waals surface area contributed by atoms with Gasteiger partial charge >= 0.3 is 0 Å². The lowest BCUT2D eigenvalue weighted by molar-refractivity contribution is 0.189. The van der Waals surface area contributed by atoms with Crippen molar-refractivity contribution in [2.75, 3.05) is 13.1 Å². The normalized spacial score (nSPS) is 17.9. The molecule has 0 aromatic rings. The van der Waals surface area contributed by atoms with Crippen molar-refractivity contribution in [3.8, 4) is 6.07 Å². The lowest BCUT2D eigenvalue weighted by Crippen LogP contribution is -2.49. The topological polar surface area (TPSA) is 53.0 Å². The second kappa shape index (κ2) is 5.21. The second-order valence-corrected chi connectivity index (χ2v) is 3.85. The van der Waals surface area contributed by atoms with Crippen LogP contribution in [0.15, 0.2) is 0 Å². The third-order valence-corrected chi connectivity index (χ3v) is 2.41. The van der Waals surface area contributed by atoms with Crippen LogP contribution in [-0.2, 0) is 0 Å². The van der Waals surface area contributed by atoms with Crippen molar-refractivity contribution < 1.29 is 0 Å². The zero-order valence-corrected chi connectivity index (χ0v) is 9.17. The fourth-order valence-electron chi connectivity index (χ4n) is 1.29. The average Bonchev–Trinajstić information content (AvgIpc) is 2.13. The van der Waals surface area contributed by atoms with E-state index in [-0.39, 0.29) is 0 Å². The summed E-state index contributed by atoms with van der Waals surface area (Å²) in [6, 6.07) is 2.62. The molecule has 0 saturated heterocycles. The van der Waals surface area contributed by atoms with Gasteiger partial charge in [-0.2, -0.15) is 5.26 Å². The molecule has 0 amide bonds. The van der Waals surface area contributed by atoms with Crippen LogP contribution in [0.3, 0.4) is 0 Å². The molecular weight excluding hydrogens is 162 g/mol. The molecule has 0 aromatic heterocycles. The molecule has 0 aliphatic heterocycles. The van der Waals surface area contributed by atoms with Gasteiger partial charge in [0.05, 0.1) is 6.07 Å². The maximum absolute atomic E-state index is 8.79. The van der Waals surface area contributed by atoms with Crippen molar-refractivity contribution in [3.63, 3.8) is 0 Å². The minimum atomic E-state index is -0.723. The van der Waals surface area contributed by atoms with Crippen molar-refractivity contribution in [3.05, 3.63) is 0 Å². The fourth-order valence-corrected chi connectivity index (χ4v) is 1.29. The van der Waals surface area contributed by atoms with E-state index in [2.05, 4.69) is 31.7 Å². The zero-order chi connectivity index (χ0) is 10.5. The highest BCUT2D eigenvalue weighted by Crippen LogP contribution is 2.08. The van der Waals surface area contributed by atoms with Crippen molar-refractivity contribution in [2.24, 2.45) is 5.73 Å². The van der Waals surface area contributed by atoms with Crippen LogP contribution in [0.25, 0.3) is 0 Å². The molecule has 3 nitrogen and oxygen atoms in total. The highest BCUT2D eigenvalue weighted by atomic mass is 15.2. The van der Waals surface area contributed by atoms with E-state index in [1.54, 1.807) is 6.92 Å². The van der Waals surface area contributed by atoms with Gasteiger partial charge in [-0.3, -0.25) is 4.90 Å². The number of rotatable bonds is 5. The smallest absolute Gasteiger partial charge is 0.114 e. The van der Waals surface area contributed by atoms with Gasteiger partial charge in [0.15, 0.2) is 0 Å². The molecule has 0 rings (SSSR count). The number of nitrogens with zero attached hydrogens (tertiary/aromatic N) is 2. The van der Waals surface area contributed by atoms with E-state index in [9.17, 15) is 0 Å². The van der Waals surface area contributed by atoms with E-state index in [0.29, 0.717) is 12.6 Å². The summed E-state index contributed by atoms with van der Waals surface area (Å²) in [4.78, 5) is 2.24. The maximum Gasteiger partial charge on any atom is 0.114 e. The first-order valence-electron chi connectivity index (χ1n) is 4.91. The molecule has 0 fully saturated rings. The first-order valence-corrected chi connectivity index (χ1v) is 4.91. The first kappa shape index (κ1) is 12.4. The fraction of sp³-hybridized carbons (Fsp3) is 0.900. The van der Waals surface area contributed by atoms with Gasteiger partial charge in [0, 0.05) is 12.6 Å². The molecule has 3 heteroatoms. The molecule has 0 bridgehead atoms. The lowest BCUT2D eigenvalue weighted by atomic mass is 10.0. The van der Waals surface area contributed by atoms with Crippen LogP contribution in [0.4, 0.5) is 0 Å². The molecule has 2 atom stereocenters. The number of hydrogen-bond acceptors (Lipinski definition) is 3. The van der Waals surface area contributed by atoms with Gasteiger partial charge in [0.1, 0.15) is 5.54 Å². The van der Waals surface area contributed by atoms with E-state index in [4.69, 9.17) is 11.0 Å². The predicted molar refractivity (Wildman–Crippen MR) is 55.2 cm³/mol. The van der Waals surface area contributed by atoms with Gasteiger partial charge in [-0.05, 0) is 26.8 Å². The summed E-state index contributed by atoms with van der Waals surface area (Å²) in [7, 11) is 0. The third-order valence-electron chi connectivity index (χ3n) is 2.41. The average molecular weight is 183 g/mol. The Morgan fingerprint density at radius 1 is 1.54 bits per heavy atom. The van der Waals surface area contributed by atoms with Gasteiger partial charge in [-0.1, -0.05) is 13.8 Å². The highest BCUT2D eigenvalue weighted by molar-refractivity contribution is 5.03. The lowest BCUT2D eigenvalue weighted by Gasteiger charge is -2.31. The van der Waals surface area contributed by atoms with Crippen molar-refractivity contribution in [2.45, 2.75) is 45.7 Å². The Morgan fingerprint density at radius 2 is 2.08 bits per heavy atom. The number of likely N-dealkylation sites (N-methyl/N-ethyl adjacent to an activating group) is 1. The highest BCUT2D eigenvalue weighted by Gasteiger charge is 2.22. The van der Waals surface area contributed by atoms with Gasteiger partial charge in [-0.15, -0.1) is 0 Å². The standard InChI is InChI=1S/C10H21N3/c1-5-9(3)13(6-2)8-10(4,12)7-11/h9H,5-6,8,12H2,1-4H3. The van der Waals surface area contributed by atoms with Crippen LogP contribution >= 0.6 is 0 Å². The maximum atomic E-state index is 8.79. The molecule has 0 aromatic carbocycles. The van der Waals surface area contributed by atoms with Crippen molar-refractivity contribution in [1.82, 2.24) is 4.90 Å². The minimum Gasteiger partial charge on any atom is -0.313 e. The van der Waals surface area contributed by atoms with Gasteiger partial charge in [0.2, 0.25) is 0 Å². The SMILES string of the molecule is CCC(C)N(CC)CC(C)(N)C#N. The zero-order valence-electron chi connectivity index (χ0n) is 9.17. The molecule has 0 spiro atoms. The van der Waals surface area contributed by atoms with Crippen LogP contribution in [0.5, 0.6) is 0 Å². The van der Waals surface area contributed by atoms with E-state index >= 15 is 0 Å².